The van der Waals surface area contributed by atoms with E-state index >= 15 is 0 Å². The maximum absolute atomic E-state index is 13.2. The molecule has 6 nitrogen and oxygen atoms in total. The van der Waals surface area contributed by atoms with Gasteiger partial charge in [-0.2, -0.15) is 4.98 Å². The van der Waals surface area contributed by atoms with Crippen molar-refractivity contribution in [2.45, 2.75) is 6.61 Å². The van der Waals surface area contributed by atoms with Crippen LogP contribution in [-0.2, 0) is 11.3 Å². The Morgan fingerprint density at radius 2 is 1.96 bits per heavy atom. The first-order chi connectivity index (χ1) is 13.2. The molecule has 1 aromatic carbocycles. The number of aromatic nitrogens is 4. The summed E-state index contributed by atoms with van der Waals surface area (Å²) in [5.41, 5.74) is 1.22. The molecular weight excluding hydrogens is 367 g/mol. The lowest BCUT2D eigenvalue weighted by molar-refractivity contribution is 0.0453. The zero-order chi connectivity index (χ0) is 18.6. The van der Waals surface area contributed by atoms with Crippen molar-refractivity contribution in [2.75, 3.05) is 0 Å². The summed E-state index contributed by atoms with van der Waals surface area (Å²) < 4.78 is 20.0. The summed E-state index contributed by atoms with van der Waals surface area (Å²) in [7, 11) is 0. The summed E-state index contributed by atoms with van der Waals surface area (Å²) in [5.74, 6) is -0.592. The fourth-order valence-electron chi connectivity index (χ4n) is 2.41. The van der Waals surface area contributed by atoms with Gasteiger partial charge in [-0.05, 0) is 47.8 Å². The normalized spacial score (nSPS) is 10.7. The maximum atomic E-state index is 13.2. The first kappa shape index (κ1) is 17.0. The maximum Gasteiger partial charge on any atom is 0.378 e. The van der Waals surface area contributed by atoms with E-state index in [9.17, 15) is 9.18 Å². The molecule has 3 heterocycles. The number of hydrogen-bond acceptors (Lipinski definition) is 6. The first-order valence-corrected chi connectivity index (χ1v) is 8.92. The lowest BCUT2D eigenvalue weighted by Gasteiger charge is -2.04. The van der Waals surface area contributed by atoms with Crippen LogP contribution in [-0.4, -0.2) is 25.7 Å². The van der Waals surface area contributed by atoms with Crippen LogP contribution in [0, 0.1) is 5.82 Å². The molecule has 0 aliphatic carbocycles. The molecule has 27 heavy (non-hydrogen) atoms. The number of carbonyl (C=O) groups excluding carboxylic acids is 1. The van der Waals surface area contributed by atoms with Crippen molar-refractivity contribution in [1.82, 2.24) is 19.7 Å². The third kappa shape index (κ3) is 3.75. The molecule has 0 aliphatic rings. The average molecular weight is 380 g/mol. The van der Waals surface area contributed by atoms with Gasteiger partial charge in [-0.1, -0.05) is 12.1 Å². The number of ether oxygens (including phenoxy) is 1. The highest BCUT2D eigenvalue weighted by Gasteiger charge is 2.20. The quantitative estimate of drug-likeness (QED) is 0.491. The van der Waals surface area contributed by atoms with E-state index < -0.39 is 5.97 Å². The minimum atomic E-state index is -0.653. The van der Waals surface area contributed by atoms with Crippen LogP contribution in [0.4, 0.5) is 4.39 Å². The summed E-state index contributed by atoms with van der Waals surface area (Å²) in [6.07, 6.45) is 1.62. The third-order valence-corrected chi connectivity index (χ3v) is 4.55. The first-order valence-electron chi connectivity index (χ1n) is 8.04. The van der Waals surface area contributed by atoms with Crippen LogP contribution in [0.15, 0.2) is 66.2 Å². The van der Waals surface area contributed by atoms with E-state index in [0.29, 0.717) is 17.2 Å². The van der Waals surface area contributed by atoms with E-state index in [4.69, 9.17) is 4.74 Å². The Hall–Kier alpha value is -3.39. The van der Waals surface area contributed by atoms with Crippen molar-refractivity contribution in [3.05, 3.63) is 83.5 Å². The second-order valence-corrected chi connectivity index (χ2v) is 6.47. The number of pyridine rings is 1. The number of thiophene rings is 1. The van der Waals surface area contributed by atoms with E-state index in [0.717, 1.165) is 4.88 Å². The molecule has 0 bridgehead atoms. The molecule has 0 spiro atoms. The monoisotopic (exact) mass is 380 g/mol. The fraction of sp³-hybridized carbons (Fsp3) is 0.0526. The number of benzene rings is 1. The van der Waals surface area contributed by atoms with Crippen molar-refractivity contribution in [3.63, 3.8) is 0 Å². The second-order valence-electron chi connectivity index (χ2n) is 5.52. The summed E-state index contributed by atoms with van der Waals surface area (Å²) in [5, 5.41) is 6.17. The number of halogens is 1. The second kappa shape index (κ2) is 7.46. The Morgan fingerprint density at radius 3 is 2.67 bits per heavy atom. The molecule has 4 rings (SSSR count). The zero-order valence-corrected chi connectivity index (χ0v) is 14.8. The highest BCUT2D eigenvalue weighted by atomic mass is 32.1. The van der Waals surface area contributed by atoms with Crippen LogP contribution in [0.25, 0.3) is 16.4 Å². The summed E-state index contributed by atoms with van der Waals surface area (Å²) in [6, 6.07) is 14.9. The molecule has 0 N–H and O–H groups in total. The SMILES string of the molecule is O=C(OCc1ccccn1)c1nc(-c2cccs2)n(-c2ccc(F)cc2)n1. The lowest BCUT2D eigenvalue weighted by atomic mass is 10.3. The van der Waals surface area contributed by atoms with E-state index in [1.807, 2.05) is 23.6 Å². The standard InChI is InChI=1S/C19H13FN4O2S/c20-13-6-8-15(9-7-13)24-18(16-5-3-11-27-16)22-17(23-24)19(25)26-12-14-4-1-2-10-21-14/h1-11H,12H2. The molecule has 0 fully saturated rings. The van der Waals surface area contributed by atoms with Gasteiger partial charge in [0.15, 0.2) is 5.82 Å². The highest BCUT2D eigenvalue weighted by molar-refractivity contribution is 7.13. The molecule has 0 saturated heterocycles. The smallest absolute Gasteiger partial charge is 0.378 e. The molecule has 0 saturated carbocycles. The molecule has 3 aromatic heterocycles. The predicted octanol–water partition coefficient (Wildman–Crippen LogP) is 3.89. The molecule has 0 amide bonds. The molecule has 8 heteroatoms. The van der Waals surface area contributed by atoms with Crippen LogP contribution in [0.5, 0.6) is 0 Å². The van der Waals surface area contributed by atoms with Crippen molar-refractivity contribution in [2.24, 2.45) is 0 Å². The molecule has 0 aliphatic heterocycles. The number of nitrogens with zero attached hydrogens (tertiary/aromatic N) is 4. The minimum absolute atomic E-state index is 0.0269. The summed E-state index contributed by atoms with van der Waals surface area (Å²) in [4.78, 5) is 21.7. The van der Waals surface area contributed by atoms with Gasteiger partial charge < -0.3 is 4.74 Å². The largest absolute Gasteiger partial charge is 0.453 e. The number of rotatable bonds is 5. The number of hydrogen-bond donors (Lipinski definition) is 0. The van der Waals surface area contributed by atoms with Crippen LogP contribution in [0.2, 0.25) is 0 Å². The van der Waals surface area contributed by atoms with Gasteiger partial charge in [0.1, 0.15) is 12.4 Å². The molecular formula is C19H13FN4O2S. The topological polar surface area (TPSA) is 69.9 Å². The van der Waals surface area contributed by atoms with Crippen LogP contribution >= 0.6 is 11.3 Å². The Bertz CT molecular complexity index is 1050. The van der Waals surface area contributed by atoms with Crippen molar-refractivity contribution in [1.29, 1.82) is 0 Å². The molecule has 0 unspecified atom stereocenters. The zero-order valence-electron chi connectivity index (χ0n) is 13.9. The number of carbonyl (C=O) groups is 1. The predicted molar refractivity (Wildman–Crippen MR) is 98.0 cm³/mol. The summed E-state index contributed by atoms with van der Waals surface area (Å²) in [6.45, 7) is 0.0269. The van der Waals surface area contributed by atoms with E-state index in [1.165, 1.54) is 28.2 Å². The Labute approximate surface area is 157 Å². The Balaban J connectivity index is 1.64. The minimum Gasteiger partial charge on any atom is -0.453 e. The molecule has 0 atom stereocenters. The van der Waals surface area contributed by atoms with Gasteiger partial charge in [-0.3, -0.25) is 4.98 Å². The number of esters is 1. The molecule has 4 aromatic rings. The van der Waals surface area contributed by atoms with E-state index in [2.05, 4.69) is 15.1 Å². The Morgan fingerprint density at radius 1 is 1.11 bits per heavy atom. The van der Waals surface area contributed by atoms with Gasteiger partial charge in [0.25, 0.3) is 5.82 Å². The molecule has 134 valence electrons. The summed E-state index contributed by atoms with van der Waals surface area (Å²) >= 11 is 1.46. The van der Waals surface area contributed by atoms with Gasteiger partial charge in [0.05, 0.1) is 16.3 Å². The van der Waals surface area contributed by atoms with Crippen LogP contribution in [0.3, 0.4) is 0 Å². The third-order valence-electron chi connectivity index (χ3n) is 3.68. The van der Waals surface area contributed by atoms with Crippen molar-refractivity contribution < 1.29 is 13.9 Å². The van der Waals surface area contributed by atoms with Crippen LogP contribution < -0.4 is 0 Å². The van der Waals surface area contributed by atoms with Crippen molar-refractivity contribution >= 4 is 17.3 Å². The molecule has 0 radical (unpaired) electrons. The fourth-order valence-corrected chi connectivity index (χ4v) is 3.11. The van der Waals surface area contributed by atoms with Gasteiger partial charge in [-0.15, -0.1) is 16.4 Å². The van der Waals surface area contributed by atoms with Gasteiger partial charge in [0, 0.05) is 6.20 Å². The van der Waals surface area contributed by atoms with Gasteiger partial charge >= 0.3 is 5.97 Å². The average Bonchev–Trinajstić information content (AvgIpc) is 3.37. The van der Waals surface area contributed by atoms with E-state index in [1.54, 1.807) is 30.5 Å². The highest BCUT2D eigenvalue weighted by Crippen LogP contribution is 2.25. The Kier molecular flexibility index (Phi) is 4.71. The van der Waals surface area contributed by atoms with Gasteiger partial charge in [0.2, 0.25) is 0 Å². The lowest BCUT2D eigenvalue weighted by Crippen LogP contribution is -2.09. The van der Waals surface area contributed by atoms with Crippen LogP contribution in [0.1, 0.15) is 16.3 Å². The van der Waals surface area contributed by atoms with Crippen molar-refractivity contribution in [3.8, 4) is 16.4 Å². The van der Waals surface area contributed by atoms with E-state index in [-0.39, 0.29) is 18.2 Å². The van der Waals surface area contributed by atoms with Gasteiger partial charge in [-0.25, -0.2) is 13.9 Å².